The molecule has 1 saturated heterocycles. The third-order valence-electron chi connectivity index (χ3n) is 4.40. The van der Waals surface area contributed by atoms with Crippen molar-refractivity contribution >= 4 is 57.9 Å². The molecule has 3 atom stereocenters. The number of nitrogen functional groups attached to an aromatic ring is 1. The largest absolute Gasteiger partial charge is 0.511 e. The molecule has 2 aliphatic rings. The Morgan fingerprint density at radius 1 is 1.32 bits per heavy atom. The highest BCUT2D eigenvalue weighted by Crippen LogP contribution is 2.38. The second-order valence-corrected chi connectivity index (χ2v) is 8.71. The summed E-state index contributed by atoms with van der Waals surface area (Å²) in [5.41, 5.74) is 5.73. The Bertz CT molecular complexity index is 1030. The number of anilines is 1. The van der Waals surface area contributed by atoms with Crippen molar-refractivity contribution in [2.45, 2.75) is 38.5 Å². The normalized spacial score (nSPS) is 20.3. The first-order valence-corrected chi connectivity index (χ1v) is 12.1. The van der Waals surface area contributed by atoms with Crippen LogP contribution in [0.25, 0.3) is 0 Å². The zero-order chi connectivity index (χ0) is 24.8. The number of thiazole rings is 1. The van der Waals surface area contributed by atoms with Crippen molar-refractivity contribution in [3.8, 4) is 0 Å². The maximum absolute atomic E-state index is 12.9. The standard InChI is InChI=1S/C19H23N5O8S2/c1-4-29-19(28)32-9(3)31-17(27)11-6-7-33-16-13(15(26)24(11)16)22-14(25)12(23-30-5-2)10-8-34-18(20)21-10/h6,8-9,13,16H,4-5,7H2,1-3H3,(H2,20,21)(H,22,25)/b23-12+/t9?,13?,16-/m1/s1. The van der Waals surface area contributed by atoms with Gasteiger partial charge in [0.25, 0.3) is 11.8 Å². The molecule has 1 aromatic heterocycles. The molecule has 3 N–H and O–H groups in total. The van der Waals surface area contributed by atoms with E-state index in [0.29, 0.717) is 5.75 Å². The second kappa shape index (κ2) is 11.2. The van der Waals surface area contributed by atoms with Crippen LogP contribution in [0.15, 0.2) is 22.3 Å². The Morgan fingerprint density at radius 2 is 2.09 bits per heavy atom. The summed E-state index contributed by atoms with van der Waals surface area (Å²) >= 11 is 2.48. The van der Waals surface area contributed by atoms with Crippen LogP contribution in [0.2, 0.25) is 0 Å². The molecular weight excluding hydrogens is 490 g/mol. The van der Waals surface area contributed by atoms with E-state index in [0.717, 1.165) is 11.3 Å². The van der Waals surface area contributed by atoms with Gasteiger partial charge in [-0.15, -0.1) is 23.1 Å². The number of nitrogens with one attached hydrogen (secondary N) is 1. The van der Waals surface area contributed by atoms with Crippen molar-refractivity contribution < 1.29 is 38.2 Å². The molecule has 184 valence electrons. The third-order valence-corrected chi connectivity index (χ3v) is 6.26. The fraction of sp³-hybridized carbons (Fsp3) is 0.474. The van der Waals surface area contributed by atoms with Gasteiger partial charge in [0.2, 0.25) is 6.29 Å². The van der Waals surface area contributed by atoms with Gasteiger partial charge in [-0.2, -0.15) is 0 Å². The van der Waals surface area contributed by atoms with Crippen molar-refractivity contribution in [3.05, 3.63) is 22.8 Å². The molecule has 34 heavy (non-hydrogen) atoms. The summed E-state index contributed by atoms with van der Waals surface area (Å²) in [5, 5.41) is 7.67. The number of carbonyl (C=O) groups excluding carboxylic acids is 4. The van der Waals surface area contributed by atoms with Gasteiger partial charge in [0.05, 0.1) is 6.61 Å². The molecule has 2 aliphatic heterocycles. The molecule has 3 heterocycles. The van der Waals surface area contributed by atoms with Crippen molar-refractivity contribution in [2.75, 3.05) is 24.7 Å². The minimum Gasteiger partial charge on any atom is -0.435 e. The van der Waals surface area contributed by atoms with Crippen molar-refractivity contribution in [2.24, 2.45) is 5.16 Å². The van der Waals surface area contributed by atoms with E-state index in [4.69, 9.17) is 20.0 Å². The Balaban J connectivity index is 1.65. The summed E-state index contributed by atoms with van der Waals surface area (Å²) in [6, 6.07) is -0.912. The molecule has 0 bridgehead atoms. The van der Waals surface area contributed by atoms with Crippen LogP contribution in [0.1, 0.15) is 26.5 Å². The highest BCUT2D eigenvalue weighted by molar-refractivity contribution is 8.00. The number of fused-ring (bicyclic) bond motifs is 1. The number of esters is 1. The molecule has 0 aromatic carbocycles. The molecule has 0 radical (unpaired) electrons. The Kier molecular flexibility index (Phi) is 8.33. The van der Waals surface area contributed by atoms with Gasteiger partial charge in [0.1, 0.15) is 29.4 Å². The molecule has 0 spiro atoms. The minimum absolute atomic E-state index is 0.00552. The van der Waals surface area contributed by atoms with E-state index >= 15 is 0 Å². The summed E-state index contributed by atoms with van der Waals surface area (Å²) in [5.74, 6) is -1.65. The number of β-lactam (4-membered cyclic amide) rings is 1. The van der Waals surface area contributed by atoms with Crippen molar-refractivity contribution in [1.82, 2.24) is 15.2 Å². The molecule has 1 aromatic rings. The lowest BCUT2D eigenvalue weighted by Crippen LogP contribution is -2.70. The monoisotopic (exact) mass is 513 g/mol. The fourth-order valence-electron chi connectivity index (χ4n) is 2.99. The molecule has 15 heteroatoms. The maximum Gasteiger partial charge on any atom is 0.511 e. The van der Waals surface area contributed by atoms with E-state index in [2.05, 4.69) is 20.2 Å². The van der Waals surface area contributed by atoms with Crippen LogP contribution in [-0.4, -0.2) is 76.2 Å². The summed E-state index contributed by atoms with van der Waals surface area (Å²) in [6.45, 7) is 4.97. The van der Waals surface area contributed by atoms with E-state index in [9.17, 15) is 19.2 Å². The number of rotatable bonds is 9. The van der Waals surface area contributed by atoms with Crippen LogP contribution in [0.4, 0.5) is 9.93 Å². The zero-order valence-electron chi connectivity index (χ0n) is 18.5. The van der Waals surface area contributed by atoms with Gasteiger partial charge in [-0.05, 0) is 19.9 Å². The van der Waals surface area contributed by atoms with Gasteiger partial charge in [0, 0.05) is 18.1 Å². The number of hydrogen-bond donors (Lipinski definition) is 2. The fourth-order valence-corrected chi connectivity index (χ4v) is 4.73. The smallest absolute Gasteiger partial charge is 0.435 e. The lowest BCUT2D eigenvalue weighted by Gasteiger charge is -2.48. The molecule has 0 saturated carbocycles. The zero-order valence-corrected chi connectivity index (χ0v) is 20.1. The van der Waals surface area contributed by atoms with E-state index in [1.54, 1.807) is 19.2 Å². The minimum atomic E-state index is -1.23. The van der Waals surface area contributed by atoms with E-state index in [1.807, 2.05) is 0 Å². The predicted molar refractivity (Wildman–Crippen MR) is 121 cm³/mol. The molecule has 0 aliphatic carbocycles. The Labute approximate surface area is 202 Å². The number of aromatic nitrogens is 1. The first kappa shape index (κ1) is 25.3. The average molecular weight is 514 g/mol. The third kappa shape index (κ3) is 5.59. The van der Waals surface area contributed by atoms with Gasteiger partial charge in [-0.25, -0.2) is 14.6 Å². The van der Waals surface area contributed by atoms with Gasteiger partial charge >= 0.3 is 12.1 Å². The van der Waals surface area contributed by atoms with E-state index < -0.39 is 41.6 Å². The second-order valence-electron chi connectivity index (χ2n) is 6.68. The highest BCUT2D eigenvalue weighted by atomic mass is 32.2. The van der Waals surface area contributed by atoms with E-state index in [1.165, 1.54) is 29.7 Å². The Morgan fingerprint density at radius 3 is 2.74 bits per heavy atom. The molecular formula is C19H23N5O8S2. The molecule has 2 unspecified atom stereocenters. The van der Waals surface area contributed by atoms with Gasteiger partial charge in [-0.1, -0.05) is 5.16 Å². The number of nitrogens with two attached hydrogens (primary N) is 1. The van der Waals surface area contributed by atoms with Crippen molar-refractivity contribution in [3.63, 3.8) is 0 Å². The summed E-state index contributed by atoms with van der Waals surface area (Å²) < 4.78 is 14.5. The number of oxime groups is 1. The summed E-state index contributed by atoms with van der Waals surface area (Å²) in [7, 11) is 0. The molecule has 3 rings (SSSR count). The quantitative estimate of drug-likeness (QED) is 0.157. The summed E-state index contributed by atoms with van der Waals surface area (Å²) in [6.07, 6.45) is -0.686. The van der Waals surface area contributed by atoms with Gasteiger partial charge < -0.3 is 30.1 Å². The number of carbonyl (C=O) groups is 4. The predicted octanol–water partition coefficient (Wildman–Crippen LogP) is 0.812. The number of thioether (sulfide) groups is 1. The van der Waals surface area contributed by atoms with Crippen LogP contribution in [0.5, 0.6) is 0 Å². The van der Waals surface area contributed by atoms with Crippen LogP contribution in [0.3, 0.4) is 0 Å². The first-order chi connectivity index (χ1) is 16.3. The highest BCUT2D eigenvalue weighted by Gasteiger charge is 2.53. The topological polar surface area (TPSA) is 172 Å². The summed E-state index contributed by atoms with van der Waals surface area (Å²) in [4.78, 5) is 59.9. The average Bonchev–Trinajstić information content (AvgIpc) is 3.22. The number of nitrogens with zero attached hydrogens (tertiary/aromatic N) is 3. The molecule has 1 fully saturated rings. The van der Waals surface area contributed by atoms with Crippen LogP contribution < -0.4 is 11.1 Å². The number of hydrogen-bond acceptors (Lipinski definition) is 13. The maximum atomic E-state index is 12.9. The molecule has 2 amide bonds. The Hall–Kier alpha value is -3.33. The van der Waals surface area contributed by atoms with Crippen molar-refractivity contribution in [1.29, 1.82) is 0 Å². The number of ether oxygens (including phenoxy) is 3. The van der Waals surface area contributed by atoms with Crippen LogP contribution >= 0.6 is 23.1 Å². The van der Waals surface area contributed by atoms with Gasteiger partial charge in [-0.3, -0.25) is 14.5 Å². The molecule has 13 nitrogen and oxygen atoms in total. The lowest BCUT2D eigenvalue weighted by molar-refractivity contribution is -0.168. The SMILES string of the molecule is CCO/N=C(/C(=O)NC1C(=O)N2C(C(=O)OC(C)OC(=O)OCC)=CCS[C@H]12)c1csc(N)n1. The van der Waals surface area contributed by atoms with E-state index in [-0.39, 0.29) is 35.4 Å². The van der Waals surface area contributed by atoms with Gasteiger partial charge in [0.15, 0.2) is 10.8 Å². The first-order valence-electron chi connectivity index (χ1n) is 10.2. The van der Waals surface area contributed by atoms with Crippen LogP contribution in [-0.2, 0) is 33.4 Å². The number of amides is 2. The lowest BCUT2D eigenvalue weighted by atomic mass is 10.0. The van der Waals surface area contributed by atoms with Crippen LogP contribution in [0, 0.1) is 0 Å².